The standard InChI is InChI=1S/C20H23N5O/c1-3-16-10-17(26-23-16)12-25-14-22-19(15-8-6-5-7-9-15)20(25)18-11-21-13-24(18)4-2/h5-9,11,13-14,17H,3-4,10,12H2,1-2H3. The highest BCUT2D eigenvalue weighted by atomic mass is 16.6. The first-order valence-corrected chi connectivity index (χ1v) is 9.12. The summed E-state index contributed by atoms with van der Waals surface area (Å²) in [5.41, 5.74) is 5.33. The topological polar surface area (TPSA) is 57.2 Å². The number of benzene rings is 1. The van der Waals surface area contributed by atoms with Crippen molar-refractivity contribution in [3.8, 4) is 22.6 Å². The third-order valence-corrected chi connectivity index (χ3v) is 4.78. The molecule has 0 bridgehead atoms. The number of oxime groups is 1. The first-order chi connectivity index (χ1) is 12.8. The third-order valence-electron chi connectivity index (χ3n) is 4.78. The second-order valence-corrected chi connectivity index (χ2v) is 6.47. The number of hydrogen-bond acceptors (Lipinski definition) is 4. The van der Waals surface area contributed by atoms with Crippen LogP contribution < -0.4 is 0 Å². The second kappa shape index (κ2) is 7.15. The minimum absolute atomic E-state index is 0.0551. The Kier molecular flexibility index (Phi) is 4.56. The van der Waals surface area contributed by atoms with E-state index in [9.17, 15) is 0 Å². The van der Waals surface area contributed by atoms with Crippen LogP contribution in [-0.4, -0.2) is 30.9 Å². The molecule has 134 valence electrons. The highest BCUT2D eigenvalue weighted by Crippen LogP contribution is 2.32. The molecule has 0 saturated heterocycles. The summed E-state index contributed by atoms with van der Waals surface area (Å²) in [5, 5.41) is 4.19. The van der Waals surface area contributed by atoms with Crippen LogP contribution in [0.4, 0.5) is 0 Å². The minimum Gasteiger partial charge on any atom is -0.390 e. The Balaban J connectivity index is 1.74. The Morgan fingerprint density at radius 1 is 1.12 bits per heavy atom. The number of nitrogens with zero attached hydrogens (tertiary/aromatic N) is 5. The molecule has 0 saturated carbocycles. The van der Waals surface area contributed by atoms with Gasteiger partial charge in [-0.05, 0) is 13.3 Å². The fourth-order valence-corrected chi connectivity index (χ4v) is 3.38. The molecule has 1 atom stereocenters. The monoisotopic (exact) mass is 349 g/mol. The molecule has 2 aromatic heterocycles. The maximum Gasteiger partial charge on any atom is 0.150 e. The maximum atomic E-state index is 5.62. The van der Waals surface area contributed by atoms with Crippen LogP contribution in [-0.2, 0) is 17.9 Å². The van der Waals surface area contributed by atoms with Gasteiger partial charge in [0, 0.05) is 18.5 Å². The highest BCUT2D eigenvalue weighted by molar-refractivity contribution is 5.85. The SMILES string of the molecule is CCC1=NOC(Cn2cnc(-c3ccccc3)c2-c2cncn2CC)C1. The molecule has 6 nitrogen and oxygen atoms in total. The maximum absolute atomic E-state index is 5.62. The van der Waals surface area contributed by atoms with Crippen molar-refractivity contribution in [3.05, 3.63) is 49.2 Å². The van der Waals surface area contributed by atoms with E-state index in [1.54, 1.807) is 0 Å². The Morgan fingerprint density at radius 3 is 2.69 bits per heavy atom. The lowest BCUT2D eigenvalue weighted by atomic mass is 10.1. The van der Waals surface area contributed by atoms with Crippen LogP contribution in [0.3, 0.4) is 0 Å². The number of aromatic nitrogens is 4. The van der Waals surface area contributed by atoms with Crippen molar-refractivity contribution in [2.24, 2.45) is 5.16 Å². The largest absolute Gasteiger partial charge is 0.390 e. The molecule has 1 aliphatic rings. The molecule has 1 aromatic carbocycles. The first-order valence-electron chi connectivity index (χ1n) is 9.12. The molecule has 0 fully saturated rings. The zero-order valence-electron chi connectivity index (χ0n) is 15.2. The van der Waals surface area contributed by atoms with Gasteiger partial charge >= 0.3 is 0 Å². The number of imidazole rings is 2. The lowest BCUT2D eigenvalue weighted by Crippen LogP contribution is -2.17. The minimum atomic E-state index is 0.0551. The number of hydrogen-bond donors (Lipinski definition) is 0. The van der Waals surface area contributed by atoms with E-state index in [1.807, 2.05) is 37.1 Å². The fraction of sp³-hybridized carbons (Fsp3) is 0.350. The van der Waals surface area contributed by atoms with Crippen molar-refractivity contribution in [2.45, 2.75) is 45.9 Å². The third kappa shape index (κ3) is 3.03. The van der Waals surface area contributed by atoms with Crippen LogP contribution in [0, 0.1) is 0 Å². The predicted molar refractivity (Wildman–Crippen MR) is 102 cm³/mol. The van der Waals surface area contributed by atoms with Gasteiger partial charge in [-0.15, -0.1) is 0 Å². The van der Waals surface area contributed by atoms with Gasteiger partial charge in [-0.3, -0.25) is 0 Å². The summed E-state index contributed by atoms with van der Waals surface area (Å²) in [6, 6.07) is 10.3. The van der Waals surface area contributed by atoms with Crippen LogP contribution in [0.2, 0.25) is 0 Å². The van der Waals surface area contributed by atoms with E-state index < -0.39 is 0 Å². The molecule has 3 aromatic rings. The lowest BCUT2D eigenvalue weighted by Gasteiger charge is -2.14. The van der Waals surface area contributed by atoms with Crippen molar-refractivity contribution in [2.75, 3.05) is 0 Å². The molecule has 0 spiro atoms. The van der Waals surface area contributed by atoms with Gasteiger partial charge in [-0.2, -0.15) is 0 Å². The molecule has 0 N–H and O–H groups in total. The highest BCUT2D eigenvalue weighted by Gasteiger charge is 2.24. The molecule has 4 rings (SSSR count). The van der Waals surface area contributed by atoms with Gasteiger partial charge in [0.2, 0.25) is 0 Å². The number of aryl methyl sites for hydroxylation is 1. The van der Waals surface area contributed by atoms with Gasteiger partial charge in [-0.25, -0.2) is 9.97 Å². The molecule has 0 amide bonds. The summed E-state index contributed by atoms with van der Waals surface area (Å²) < 4.78 is 4.31. The molecule has 3 heterocycles. The fourth-order valence-electron chi connectivity index (χ4n) is 3.38. The summed E-state index contributed by atoms with van der Waals surface area (Å²) in [7, 11) is 0. The summed E-state index contributed by atoms with van der Waals surface area (Å²) in [6.07, 6.45) is 7.54. The van der Waals surface area contributed by atoms with Gasteiger partial charge in [0.25, 0.3) is 0 Å². The van der Waals surface area contributed by atoms with Gasteiger partial charge < -0.3 is 14.0 Å². The lowest BCUT2D eigenvalue weighted by molar-refractivity contribution is 0.0728. The van der Waals surface area contributed by atoms with Gasteiger partial charge in [0.05, 0.1) is 48.2 Å². The van der Waals surface area contributed by atoms with Crippen LogP contribution in [0.1, 0.15) is 26.7 Å². The molecule has 26 heavy (non-hydrogen) atoms. The van der Waals surface area contributed by atoms with E-state index in [1.165, 1.54) is 0 Å². The Bertz CT molecular complexity index is 909. The average molecular weight is 349 g/mol. The summed E-state index contributed by atoms with van der Waals surface area (Å²) in [5.74, 6) is 0. The van der Waals surface area contributed by atoms with E-state index in [-0.39, 0.29) is 6.10 Å². The molecule has 1 unspecified atom stereocenters. The van der Waals surface area contributed by atoms with Gasteiger partial charge in [0.15, 0.2) is 6.10 Å². The van der Waals surface area contributed by atoms with Crippen molar-refractivity contribution < 1.29 is 4.84 Å². The zero-order chi connectivity index (χ0) is 17.9. The normalized spacial score (nSPS) is 16.5. The van der Waals surface area contributed by atoms with Gasteiger partial charge in [-0.1, -0.05) is 42.4 Å². The van der Waals surface area contributed by atoms with Crippen LogP contribution in [0.15, 0.2) is 54.3 Å². The first kappa shape index (κ1) is 16.6. The molecular weight excluding hydrogens is 326 g/mol. The Labute approximate surface area is 153 Å². The average Bonchev–Trinajstić information content (AvgIpc) is 3.41. The van der Waals surface area contributed by atoms with E-state index in [0.717, 1.165) is 54.3 Å². The van der Waals surface area contributed by atoms with Crippen LogP contribution >= 0.6 is 0 Å². The molecule has 6 heteroatoms. The molecule has 1 aliphatic heterocycles. The van der Waals surface area contributed by atoms with Crippen molar-refractivity contribution in [1.82, 2.24) is 19.1 Å². The van der Waals surface area contributed by atoms with Crippen molar-refractivity contribution in [1.29, 1.82) is 0 Å². The smallest absolute Gasteiger partial charge is 0.150 e. The molecule has 0 aliphatic carbocycles. The summed E-state index contributed by atoms with van der Waals surface area (Å²) in [4.78, 5) is 14.7. The number of rotatable bonds is 6. The van der Waals surface area contributed by atoms with Gasteiger partial charge in [0.1, 0.15) is 0 Å². The Hall–Kier alpha value is -2.89. The molecular formula is C20H23N5O. The second-order valence-electron chi connectivity index (χ2n) is 6.47. The predicted octanol–water partition coefficient (Wildman–Crippen LogP) is 3.99. The van der Waals surface area contributed by atoms with E-state index in [4.69, 9.17) is 9.82 Å². The quantitative estimate of drug-likeness (QED) is 0.676. The van der Waals surface area contributed by atoms with Crippen molar-refractivity contribution in [3.63, 3.8) is 0 Å². The van der Waals surface area contributed by atoms with E-state index in [0.29, 0.717) is 0 Å². The summed E-state index contributed by atoms with van der Waals surface area (Å²) in [6.45, 7) is 5.81. The van der Waals surface area contributed by atoms with E-state index in [2.05, 4.69) is 45.3 Å². The zero-order valence-corrected chi connectivity index (χ0v) is 15.2. The van der Waals surface area contributed by atoms with Crippen molar-refractivity contribution >= 4 is 5.71 Å². The summed E-state index contributed by atoms with van der Waals surface area (Å²) >= 11 is 0. The van der Waals surface area contributed by atoms with Crippen LogP contribution in [0.25, 0.3) is 22.6 Å². The Morgan fingerprint density at radius 2 is 1.96 bits per heavy atom. The molecule has 0 radical (unpaired) electrons. The van der Waals surface area contributed by atoms with E-state index >= 15 is 0 Å². The van der Waals surface area contributed by atoms with Crippen LogP contribution in [0.5, 0.6) is 0 Å².